The zero-order valence-corrected chi connectivity index (χ0v) is 29.0. The van der Waals surface area contributed by atoms with Crippen molar-refractivity contribution in [2.75, 3.05) is 13.6 Å². The second-order valence-electron chi connectivity index (χ2n) is 13.0. The van der Waals surface area contributed by atoms with E-state index < -0.39 is 5.54 Å². The van der Waals surface area contributed by atoms with Crippen LogP contribution in [-0.4, -0.2) is 49.9 Å². The number of Topliss-reactive ketones (excluding diaryl/α,β-unsaturated/α-hetero) is 1. The molecule has 0 saturated carbocycles. The highest BCUT2D eigenvalue weighted by atomic mass is 16.1. The van der Waals surface area contributed by atoms with Gasteiger partial charge in [0.1, 0.15) is 23.5 Å². The van der Waals surface area contributed by atoms with E-state index in [9.17, 15) is 4.79 Å². The summed E-state index contributed by atoms with van der Waals surface area (Å²) in [6.45, 7) is 6.71. The van der Waals surface area contributed by atoms with Crippen molar-refractivity contribution in [3.8, 4) is 22.5 Å². The molecule has 50 heavy (non-hydrogen) atoms. The minimum atomic E-state index is -0.863. The van der Waals surface area contributed by atoms with Gasteiger partial charge in [0.15, 0.2) is 11.3 Å². The maximum Gasteiger partial charge on any atom is 0.205 e. The fourth-order valence-corrected chi connectivity index (χ4v) is 7.15. The molecule has 7 nitrogen and oxygen atoms in total. The van der Waals surface area contributed by atoms with Gasteiger partial charge in [-0.25, -0.2) is 0 Å². The fraction of sp³-hybridized carbons (Fsp3) is 0.186. The number of tetrazole rings is 1. The first-order valence-electron chi connectivity index (χ1n) is 17.2. The molecular formula is C43H41N6O+. The SMILES string of the molecule is CCCC[N+]1(C)N=C(c2ccc(-c3ccccc3-c3nnn(C(c4ccccc4)(c4ccccc4)c4ccccc4)n3)cc2)C(C(C)=O)=C1C. The summed E-state index contributed by atoms with van der Waals surface area (Å²) in [6.07, 6.45) is 2.11. The molecule has 0 radical (unpaired) electrons. The number of hydrogen-bond acceptors (Lipinski definition) is 5. The van der Waals surface area contributed by atoms with Gasteiger partial charge in [-0.3, -0.25) is 4.79 Å². The highest BCUT2D eigenvalue weighted by Crippen LogP contribution is 2.40. The molecule has 0 bridgehead atoms. The van der Waals surface area contributed by atoms with Crippen molar-refractivity contribution in [2.24, 2.45) is 5.10 Å². The molecule has 2 heterocycles. The Labute approximate surface area is 293 Å². The maximum absolute atomic E-state index is 12.9. The molecule has 1 aromatic heterocycles. The molecule has 1 aliphatic rings. The highest BCUT2D eigenvalue weighted by molar-refractivity contribution is 6.28. The summed E-state index contributed by atoms with van der Waals surface area (Å²) in [5, 5.41) is 19.7. The lowest BCUT2D eigenvalue weighted by molar-refractivity contribution is -0.877. The molecule has 1 aliphatic heterocycles. The van der Waals surface area contributed by atoms with E-state index in [2.05, 4.69) is 80.7 Å². The topological polar surface area (TPSA) is 73.0 Å². The third-order valence-electron chi connectivity index (χ3n) is 9.87. The fourth-order valence-electron chi connectivity index (χ4n) is 7.15. The first-order valence-corrected chi connectivity index (χ1v) is 17.2. The van der Waals surface area contributed by atoms with Crippen molar-refractivity contribution in [3.63, 3.8) is 0 Å². The number of nitrogens with zero attached hydrogens (tertiary/aromatic N) is 6. The zero-order valence-electron chi connectivity index (χ0n) is 29.0. The largest absolute Gasteiger partial charge is 0.294 e. The molecular weight excluding hydrogens is 617 g/mol. The Morgan fingerprint density at radius 3 is 1.72 bits per heavy atom. The van der Waals surface area contributed by atoms with E-state index in [0.29, 0.717) is 10.4 Å². The van der Waals surface area contributed by atoms with Gasteiger partial charge < -0.3 is 0 Å². The lowest BCUT2D eigenvalue weighted by Gasteiger charge is -2.34. The quantitative estimate of drug-likeness (QED) is 0.103. The Morgan fingerprint density at radius 2 is 1.20 bits per heavy atom. The van der Waals surface area contributed by atoms with E-state index in [0.717, 1.165) is 75.3 Å². The van der Waals surface area contributed by atoms with Crippen molar-refractivity contribution in [1.29, 1.82) is 0 Å². The number of ketones is 1. The predicted octanol–water partition coefficient (Wildman–Crippen LogP) is 8.67. The van der Waals surface area contributed by atoms with Crippen LogP contribution < -0.4 is 0 Å². The van der Waals surface area contributed by atoms with Crippen LogP contribution in [0.4, 0.5) is 0 Å². The first kappa shape index (κ1) is 32.7. The van der Waals surface area contributed by atoms with Crippen LogP contribution >= 0.6 is 0 Å². The third kappa shape index (κ3) is 5.69. The minimum Gasteiger partial charge on any atom is -0.294 e. The molecule has 7 rings (SSSR count). The molecule has 1 unspecified atom stereocenters. The van der Waals surface area contributed by atoms with Crippen LogP contribution in [-0.2, 0) is 10.3 Å². The first-order chi connectivity index (χ1) is 24.4. The number of allylic oxidation sites excluding steroid dienone is 2. The lowest BCUT2D eigenvalue weighted by Crippen LogP contribution is -2.39. The van der Waals surface area contributed by atoms with Crippen LogP contribution in [0.5, 0.6) is 0 Å². The number of quaternary nitrogens is 1. The second kappa shape index (κ2) is 13.6. The molecule has 7 heteroatoms. The average Bonchev–Trinajstić information content (AvgIpc) is 3.75. The van der Waals surface area contributed by atoms with E-state index in [1.807, 2.05) is 79.7 Å². The van der Waals surface area contributed by atoms with E-state index in [4.69, 9.17) is 20.5 Å². The van der Waals surface area contributed by atoms with Crippen molar-refractivity contribution in [1.82, 2.24) is 20.2 Å². The van der Waals surface area contributed by atoms with Crippen LogP contribution in [0, 0.1) is 0 Å². The average molecular weight is 658 g/mol. The number of carbonyl (C=O) groups excluding carboxylic acids is 1. The predicted molar refractivity (Wildman–Crippen MR) is 199 cm³/mol. The van der Waals surface area contributed by atoms with Gasteiger partial charge in [-0.1, -0.05) is 158 Å². The van der Waals surface area contributed by atoms with Crippen LogP contribution in [0.15, 0.2) is 156 Å². The summed E-state index contributed by atoms with van der Waals surface area (Å²) in [4.78, 5) is 14.6. The lowest BCUT2D eigenvalue weighted by atomic mass is 9.77. The Balaban J connectivity index is 1.31. The summed E-state index contributed by atoms with van der Waals surface area (Å²) in [7, 11) is 2.09. The molecule has 0 aliphatic carbocycles. The van der Waals surface area contributed by atoms with Gasteiger partial charge in [0.2, 0.25) is 5.82 Å². The van der Waals surface area contributed by atoms with E-state index in [-0.39, 0.29) is 5.78 Å². The van der Waals surface area contributed by atoms with Crippen molar-refractivity contribution < 1.29 is 9.39 Å². The van der Waals surface area contributed by atoms with Crippen molar-refractivity contribution in [3.05, 3.63) is 173 Å². The highest BCUT2D eigenvalue weighted by Gasteiger charge is 2.42. The number of hydrogen-bond donors (Lipinski definition) is 0. The summed E-state index contributed by atoms with van der Waals surface area (Å²) in [5.74, 6) is 0.569. The molecule has 0 fully saturated rings. The molecule has 0 N–H and O–H groups in total. The maximum atomic E-state index is 12.9. The van der Waals surface area contributed by atoms with Gasteiger partial charge in [-0.15, -0.1) is 15.0 Å². The van der Waals surface area contributed by atoms with Crippen LogP contribution in [0.1, 0.15) is 55.9 Å². The number of unbranched alkanes of at least 4 members (excludes halogenated alkanes) is 1. The van der Waals surface area contributed by atoms with Gasteiger partial charge in [-0.2, -0.15) is 4.59 Å². The van der Waals surface area contributed by atoms with Gasteiger partial charge in [0, 0.05) is 18.1 Å². The summed E-state index contributed by atoms with van der Waals surface area (Å²) < 4.78 is 0.417. The van der Waals surface area contributed by atoms with Gasteiger partial charge in [0.05, 0.1) is 7.05 Å². The number of aromatic nitrogens is 4. The molecule has 0 spiro atoms. The summed E-state index contributed by atoms with van der Waals surface area (Å²) in [5.41, 5.74) is 8.49. The smallest absolute Gasteiger partial charge is 0.205 e. The minimum absolute atomic E-state index is 0.0424. The molecule has 248 valence electrons. The molecule has 0 saturated heterocycles. The van der Waals surface area contributed by atoms with E-state index in [1.54, 1.807) is 11.7 Å². The Bertz CT molecular complexity index is 2090. The standard InChI is InChI=1S/C43H41N6O/c1-5-6-30-49(4)31(2)40(32(3)50)41(46-49)34-28-26-33(27-29-34)38-24-16-17-25-39(38)42-44-47-48(45-42)43(35-18-10-7-11-19-35,36-20-12-8-13-21-36)37-22-14-9-15-23-37/h7-29H,5-6,30H2,1-4H3/q+1. The Hall–Kier alpha value is -5.79. The number of rotatable bonds is 11. The second-order valence-corrected chi connectivity index (χ2v) is 13.0. The van der Waals surface area contributed by atoms with Gasteiger partial charge in [0.25, 0.3) is 0 Å². The Morgan fingerprint density at radius 1 is 0.700 bits per heavy atom. The van der Waals surface area contributed by atoms with Crippen LogP contribution in [0.25, 0.3) is 22.5 Å². The van der Waals surface area contributed by atoms with E-state index >= 15 is 0 Å². The Kier molecular flexibility index (Phi) is 8.91. The zero-order chi connectivity index (χ0) is 34.7. The molecule has 6 aromatic rings. The third-order valence-corrected chi connectivity index (χ3v) is 9.87. The summed E-state index contributed by atoms with van der Waals surface area (Å²) >= 11 is 0. The van der Waals surface area contributed by atoms with E-state index in [1.165, 1.54) is 0 Å². The number of benzene rings is 5. The monoisotopic (exact) mass is 657 g/mol. The normalized spacial score (nSPS) is 16.0. The van der Waals surface area contributed by atoms with Crippen LogP contribution in [0.2, 0.25) is 0 Å². The van der Waals surface area contributed by atoms with Gasteiger partial charge >= 0.3 is 0 Å². The van der Waals surface area contributed by atoms with Crippen molar-refractivity contribution in [2.45, 2.75) is 39.2 Å². The van der Waals surface area contributed by atoms with Crippen LogP contribution in [0.3, 0.4) is 0 Å². The molecule has 0 amide bonds. The number of carbonyl (C=O) groups is 1. The molecule has 5 aromatic carbocycles. The van der Waals surface area contributed by atoms with Gasteiger partial charge in [-0.05, 0) is 46.4 Å². The molecule has 1 atom stereocenters. The van der Waals surface area contributed by atoms with Crippen molar-refractivity contribution >= 4 is 11.5 Å². The summed E-state index contributed by atoms with van der Waals surface area (Å²) in [6, 6.07) is 47.5.